The van der Waals surface area contributed by atoms with Gasteiger partial charge in [0.05, 0.1) is 0 Å². The molecule has 0 aliphatic rings. The summed E-state index contributed by atoms with van der Waals surface area (Å²) in [5.74, 6) is 0. The molecule has 0 aliphatic heterocycles. The number of nitrogens with one attached hydrogen (secondary N) is 1. The summed E-state index contributed by atoms with van der Waals surface area (Å²) in [5, 5.41) is 2.90. The van der Waals surface area contributed by atoms with Crippen LogP contribution in [-0.4, -0.2) is 0 Å². The Morgan fingerprint density at radius 3 is 2.64 bits per heavy atom. The second kappa shape index (κ2) is 5.35. The van der Waals surface area contributed by atoms with E-state index in [1.54, 1.807) is 25.3 Å². The Labute approximate surface area is 67.8 Å². The van der Waals surface area contributed by atoms with E-state index >= 15 is 0 Å². The molecule has 11 heavy (non-hydrogen) atoms. The lowest BCUT2D eigenvalue weighted by molar-refractivity contribution is 1.08. The number of hydrogen-bond acceptors (Lipinski definition) is 2. The molecule has 2 heteroatoms. The quantitative estimate of drug-likeness (QED) is 0.598. The van der Waals surface area contributed by atoms with Gasteiger partial charge in [0.1, 0.15) is 0 Å². The first-order valence-corrected chi connectivity index (χ1v) is 3.33. The SMILES string of the molecule is C=C/C=C\C(=C)N/C=C(/C)N. The van der Waals surface area contributed by atoms with Crippen LogP contribution in [0.5, 0.6) is 0 Å². The minimum atomic E-state index is 0.721. The minimum absolute atomic E-state index is 0.721. The van der Waals surface area contributed by atoms with Crippen molar-refractivity contribution in [3.05, 3.63) is 49.0 Å². The van der Waals surface area contributed by atoms with Crippen LogP contribution in [0, 0.1) is 0 Å². The van der Waals surface area contributed by atoms with Crippen LogP contribution in [0.15, 0.2) is 49.0 Å². The molecule has 0 aromatic heterocycles. The van der Waals surface area contributed by atoms with Crippen molar-refractivity contribution >= 4 is 0 Å². The first-order chi connectivity index (χ1) is 5.16. The van der Waals surface area contributed by atoms with Crippen LogP contribution >= 0.6 is 0 Å². The molecule has 0 heterocycles. The molecular formula is C9H14N2. The molecule has 0 saturated carbocycles. The molecule has 3 N–H and O–H groups in total. The van der Waals surface area contributed by atoms with E-state index in [-0.39, 0.29) is 0 Å². The molecule has 0 atom stereocenters. The number of rotatable bonds is 4. The molecular weight excluding hydrogens is 136 g/mol. The Bertz CT molecular complexity index is 196. The van der Waals surface area contributed by atoms with E-state index in [0.29, 0.717) is 0 Å². The second-order valence-corrected chi connectivity index (χ2v) is 2.15. The minimum Gasteiger partial charge on any atom is -0.401 e. The molecule has 60 valence electrons. The Morgan fingerprint density at radius 2 is 2.18 bits per heavy atom. The average molecular weight is 150 g/mol. The van der Waals surface area contributed by atoms with E-state index in [0.717, 1.165) is 11.4 Å². The fourth-order valence-corrected chi connectivity index (χ4v) is 0.439. The van der Waals surface area contributed by atoms with E-state index in [4.69, 9.17) is 5.73 Å². The van der Waals surface area contributed by atoms with E-state index in [1.165, 1.54) is 0 Å². The van der Waals surface area contributed by atoms with Gasteiger partial charge in [0.2, 0.25) is 0 Å². The van der Waals surface area contributed by atoms with Crippen LogP contribution in [0.4, 0.5) is 0 Å². The number of hydrogen-bond donors (Lipinski definition) is 2. The maximum atomic E-state index is 5.38. The lowest BCUT2D eigenvalue weighted by Crippen LogP contribution is -2.04. The lowest BCUT2D eigenvalue weighted by Gasteiger charge is -1.98. The lowest BCUT2D eigenvalue weighted by atomic mass is 10.4. The van der Waals surface area contributed by atoms with E-state index < -0.39 is 0 Å². The van der Waals surface area contributed by atoms with Crippen LogP contribution < -0.4 is 11.1 Å². The van der Waals surface area contributed by atoms with Gasteiger partial charge in [-0.2, -0.15) is 0 Å². The van der Waals surface area contributed by atoms with Crippen LogP contribution in [0.25, 0.3) is 0 Å². The summed E-state index contributed by atoms with van der Waals surface area (Å²) in [5.41, 5.74) is 6.89. The van der Waals surface area contributed by atoms with Crippen LogP contribution in [0.3, 0.4) is 0 Å². The molecule has 0 aromatic carbocycles. The highest BCUT2D eigenvalue weighted by Crippen LogP contribution is 1.88. The summed E-state index contributed by atoms with van der Waals surface area (Å²) in [6.07, 6.45) is 6.99. The maximum Gasteiger partial charge on any atom is 0.0307 e. The molecule has 0 spiro atoms. The summed E-state index contributed by atoms with van der Waals surface area (Å²) in [7, 11) is 0. The van der Waals surface area contributed by atoms with Crippen molar-refractivity contribution in [3.63, 3.8) is 0 Å². The third-order valence-corrected chi connectivity index (χ3v) is 0.919. The number of allylic oxidation sites excluding steroid dienone is 4. The van der Waals surface area contributed by atoms with Crippen molar-refractivity contribution in [3.8, 4) is 0 Å². The zero-order valence-electron chi connectivity index (χ0n) is 6.80. The standard InChI is InChI=1S/C9H14N2/c1-4-5-6-9(3)11-7-8(2)10/h4-7,11H,1,3,10H2,2H3/b6-5-,8-7-. The molecule has 0 amide bonds. The third-order valence-electron chi connectivity index (χ3n) is 0.919. The van der Waals surface area contributed by atoms with Gasteiger partial charge in [0.15, 0.2) is 0 Å². The van der Waals surface area contributed by atoms with Crippen molar-refractivity contribution in [1.82, 2.24) is 5.32 Å². The van der Waals surface area contributed by atoms with Gasteiger partial charge in [-0.1, -0.05) is 25.3 Å². The van der Waals surface area contributed by atoms with Crippen LogP contribution in [0.1, 0.15) is 6.92 Å². The topological polar surface area (TPSA) is 38.0 Å². The monoisotopic (exact) mass is 150 g/mol. The molecule has 0 aliphatic carbocycles. The van der Waals surface area contributed by atoms with Crippen molar-refractivity contribution in [2.24, 2.45) is 5.73 Å². The molecule has 2 nitrogen and oxygen atoms in total. The molecule has 0 bridgehead atoms. The Balaban J connectivity index is 3.79. The normalized spacial score (nSPS) is 11.5. The predicted molar refractivity (Wildman–Crippen MR) is 49.6 cm³/mol. The predicted octanol–water partition coefficient (Wildman–Crippen LogP) is 1.65. The largest absolute Gasteiger partial charge is 0.401 e. The van der Waals surface area contributed by atoms with Gasteiger partial charge >= 0.3 is 0 Å². The van der Waals surface area contributed by atoms with E-state index in [9.17, 15) is 0 Å². The van der Waals surface area contributed by atoms with Crippen LogP contribution in [0.2, 0.25) is 0 Å². The van der Waals surface area contributed by atoms with Gasteiger partial charge in [0, 0.05) is 17.6 Å². The summed E-state index contributed by atoms with van der Waals surface area (Å²) in [6, 6.07) is 0. The van der Waals surface area contributed by atoms with Crippen LogP contribution in [-0.2, 0) is 0 Å². The fourth-order valence-electron chi connectivity index (χ4n) is 0.439. The molecule has 0 saturated heterocycles. The first-order valence-electron chi connectivity index (χ1n) is 3.33. The van der Waals surface area contributed by atoms with Gasteiger partial charge in [-0.15, -0.1) is 0 Å². The Morgan fingerprint density at radius 1 is 1.55 bits per heavy atom. The van der Waals surface area contributed by atoms with E-state index in [1.807, 2.05) is 6.08 Å². The average Bonchev–Trinajstić information content (AvgIpc) is 1.97. The maximum absolute atomic E-state index is 5.38. The van der Waals surface area contributed by atoms with Gasteiger partial charge in [-0.25, -0.2) is 0 Å². The van der Waals surface area contributed by atoms with Crippen molar-refractivity contribution in [1.29, 1.82) is 0 Å². The summed E-state index contributed by atoms with van der Waals surface area (Å²) >= 11 is 0. The second-order valence-electron chi connectivity index (χ2n) is 2.15. The molecule has 0 rings (SSSR count). The number of nitrogens with two attached hydrogens (primary N) is 1. The van der Waals surface area contributed by atoms with E-state index in [2.05, 4.69) is 18.5 Å². The van der Waals surface area contributed by atoms with Crippen molar-refractivity contribution < 1.29 is 0 Å². The fraction of sp³-hybridized carbons (Fsp3) is 0.111. The smallest absolute Gasteiger partial charge is 0.0307 e. The molecule has 0 fully saturated rings. The molecule has 0 unspecified atom stereocenters. The molecule has 0 aromatic rings. The van der Waals surface area contributed by atoms with Gasteiger partial charge in [-0.3, -0.25) is 0 Å². The summed E-state index contributed by atoms with van der Waals surface area (Å²) in [4.78, 5) is 0. The zero-order chi connectivity index (χ0) is 8.69. The van der Waals surface area contributed by atoms with Gasteiger partial charge in [-0.05, 0) is 13.0 Å². The summed E-state index contributed by atoms with van der Waals surface area (Å²) in [6.45, 7) is 9.05. The summed E-state index contributed by atoms with van der Waals surface area (Å²) < 4.78 is 0. The zero-order valence-corrected chi connectivity index (χ0v) is 6.80. The van der Waals surface area contributed by atoms with Gasteiger partial charge in [0.25, 0.3) is 0 Å². The van der Waals surface area contributed by atoms with Crippen molar-refractivity contribution in [2.45, 2.75) is 6.92 Å². The Hall–Kier alpha value is -1.44. The molecule has 0 radical (unpaired) electrons. The van der Waals surface area contributed by atoms with Gasteiger partial charge < -0.3 is 11.1 Å². The highest BCUT2D eigenvalue weighted by molar-refractivity contribution is 5.18. The Kier molecular flexibility index (Phi) is 4.65. The van der Waals surface area contributed by atoms with Crippen molar-refractivity contribution in [2.75, 3.05) is 0 Å². The first kappa shape index (κ1) is 9.56. The highest BCUT2D eigenvalue weighted by atomic mass is 14.9. The third kappa shape index (κ3) is 6.45. The highest BCUT2D eigenvalue weighted by Gasteiger charge is 1.80.